The van der Waals surface area contributed by atoms with Crippen molar-refractivity contribution in [1.29, 1.82) is 0 Å². The highest BCUT2D eigenvalue weighted by Crippen LogP contribution is 2.26. The lowest BCUT2D eigenvalue weighted by Gasteiger charge is -2.22. The largest absolute Gasteiger partial charge is 0.483 e. The van der Waals surface area contributed by atoms with Crippen molar-refractivity contribution in [1.82, 2.24) is 5.32 Å². The number of aliphatic hydroxyl groups excluding tert-OH is 1. The van der Waals surface area contributed by atoms with Gasteiger partial charge in [-0.15, -0.1) is 0 Å². The monoisotopic (exact) mass is 426 g/mol. The molecule has 0 saturated heterocycles. The predicted molar refractivity (Wildman–Crippen MR) is 111 cm³/mol. The molecule has 3 aromatic rings. The number of urea groups is 1. The van der Waals surface area contributed by atoms with Crippen molar-refractivity contribution >= 4 is 17.6 Å². The van der Waals surface area contributed by atoms with Crippen LogP contribution in [0.4, 0.5) is 19.3 Å². The van der Waals surface area contributed by atoms with Gasteiger partial charge in [-0.3, -0.25) is 10.1 Å². The third kappa shape index (κ3) is 5.64. The number of halogens is 2. The lowest BCUT2D eigenvalue weighted by Crippen LogP contribution is -2.35. The summed E-state index contributed by atoms with van der Waals surface area (Å²) < 4.78 is 33.1. The van der Waals surface area contributed by atoms with Crippen LogP contribution in [-0.4, -0.2) is 23.1 Å². The summed E-state index contributed by atoms with van der Waals surface area (Å²) in [4.78, 5) is 24.0. The number of hydrogen-bond acceptors (Lipinski definition) is 4. The van der Waals surface area contributed by atoms with Gasteiger partial charge in [-0.25, -0.2) is 13.6 Å². The van der Waals surface area contributed by atoms with E-state index in [2.05, 4.69) is 5.32 Å². The summed E-state index contributed by atoms with van der Waals surface area (Å²) >= 11 is 0. The van der Waals surface area contributed by atoms with E-state index in [0.717, 1.165) is 23.8 Å². The average molecular weight is 426 g/mol. The molecule has 2 unspecified atom stereocenters. The third-order valence-corrected chi connectivity index (χ3v) is 4.36. The minimum Gasteiger partial charge on any atom is -0.483 e. The second kappa shape index (κ2) is 9.82. The van der Waals surface area contributed by atoms with Crippen LogP contribution in [0.5, 0.6) is 5.75 Å². The van der Waals surface area contributed by atoms with Crippen LogP contribution in [0.1, 0.15) is 28.9 Å². The molecule has 0 aliphatic heterocycles. The van der Waals surface area contributed by atoms with Gasteiger partial charge in [0.15, 0.2) is 0 Å². The molecule has 31 heavy (non-hydrogen) atoms. The van der Waals surface area contributed by atoms with E-state index in [1.54, 1.807) is 19.1 Å². The standard InChI is InChI=1S/C23H20F2N2O4/c1-14(28)21(15-6-3-2-4-7-15)31-17-12-10-16(11-13-17)26-23(30)27-22(29)20-18(24)8-5-9-19(20)25/h2-14,21,28H,1H3,(H2,26,27,29,30). The number of rotatable bonds is 6. The molecule has 0 saturated carbocycles. The number of carbonyl (C=O) groups is 2. The topological polar surface area (TPSA) is 87.7 Å². The Labute approximate surface area is 177 Å². The molecule has 6 nitrogen and oxygen atoms in total. The summed E-state index contributed by atoms with van der Waals surface area (Å²) in [5.41, 5.74) is 0.282. The second-order valence-corrected chi connectivity index (χ2v) is 6.72. The van der Waals surface area contributed by atoms with E-state index >= 15 is 0 Å². The van der Waals surface area contributed by atoms with Crippen LogP contribution in [0.25, 0.3) is 0 Å². The number of anilines is 1. The molecule has 3 aromatic carbocycles. The van der Waals surface area contributed by atoms with Crippen LogP contribution >= 0.6 is 0 Å². The smallest absolute Gasteiger partial charge is 0.326 e. The maximum absolute atomic E-state index is 13.6. The molecule has 0 radical (unpaired) electrons. The van der Waals surface area contributed by atoms with E-state index in [1.165, 1.54) is 12.1 Å². The summed E-state index contributed by atoms with van der Waals surface area (Å²) in [6.07, 6.45) is -1.35. The molecule has 8 heteroatoms. The van der Waals surface area contributed by atoms with Crippen LogP contribution in [-0.2, 0) is 0 Å². The SMILES string of the molecule is CC(O)C(Oc1ccc(NC(=O)NC(=O)c2c(F)cccc2F)cc1)c1ccccc1. The van der Waals surface area contributed by atoms with Crippen LogP contribution in [0.3, 0.4) is 0 Å². The molecule has 3 N–H and O–H groups in total. The molecule has 3 amide bonds. The number of imide groups is 1. The Kier molecular flexibility index (Phi) is 6.94. The number of aliphatic hydroxyl groups is 1. The number of benzene rings is 3. The first-order valence-corrected chi connectivity index (χ1v) is 9.41. The Morgan fingerprint density at radius 2 is 1.52 bits per heavy atom. The molecule has 160 valence electrons. The average Bonchev–Trinajstić information content (AvgIpc) is 2.73. The van der Waals surface area contributed by atoms with Gasteiger partial charge in [-0.05, 0) is 48.9 Å². The highest BCUT2D eigenvalue weighted by molar-refractivity contribution is 6.08. The van der Waals surface area contributed by atoms with E-state index in [9.17, 15) is 23.5 Å². The van der Waals surface area contributed by atoms with Crippen molar-refractivity contribution in [3.8, 4) is 5.75 Å². The zero-order valence-electron chi connectivity index (χ0n) is 16.5. The van der Waals surface area contributed by atoms with Crippen LogP contribution in [0.2, 0.25) is 0 Å². The lowest BCUT2D eigenvalue weighted by atomic mass is 10.1. The maximum atomic E-state index is 13.6. The highest BCUT2D eigenvalue weighted by Gasteiger charge is 2.20. The Bertz CT molecular complexity index is 1040. The maximum Gasteiger partial charge on any atom is 0.326 e. The van der Waals surface area contributed by atoms with Crippen molar-refractivity contribution in [3.63, 3.8) is 0 Å². The zero-order chi connectivity index (χ0) is 22.4. The summed E-state index contributed by atoms with van der Waals surface area (Å²) in [5.74, 6) is -2.89. The first kappa shape index (κ1) is 21.9. The summed E-state index contributed by atoms with van der Waals surface area (Å²) in [7, 11) is 0. The minimum absolute atomic E-state index is 0.319. The van der Waals surface area contributed by atoms with Gasteiger partial charge in [0.1, 0.15) is 29.1 Å². The van der Waals surface area contributed by atoms with E-state index in [4.69, 9.17) is 4.74 Å². The molecule has 0 aliphatic carbocycles. The van der Waals surface area contributed by atoms with E-state index in [1.807, 2.05) is 35.6 Å². The van der Waals surface area contributed by atoms with E-state index < -0.39 is 41.3 Å². The van der Waals surface area contributed by atoms with Gasteiger partial charge in [0.25, 0.3) is 5.91 Å². The second-order valence-electron chi connectivity index (χ2n) is 6.72. The number of hydrogen-bond donors (Lipinski definition) is 3. The number of amides is 3. The molecule has 0 bridgehead atoms. The van der Waals surface area contributed by atoms with Gasteiger partial charge in [-0.1, -0.05) is 36.4 Å². The lowest BCUT2D eigenvalue weighted by molar-refractivity contribution is 0.0481. The molecule has 0 spiro atoms. The van der Waals surface area contributed by atoms with Gasteiger partial charge in [-0.2, -0.15) is 0 Å². The first-order chi connectivity index (χ1) is 14.8. The molecule has 0 heterocycles. The van der Waals surface area contributed by atoms with Gasteiger partial charge in [0.05, 0.1) is 6.10 Å². The van der Waals surface area contributed by atoms with Crippen LogP contribution < -0.4 is 15.4 Å². The van der Waals surface area contributed by atoms with Crippen molar-refractivity contribution in [2.45, 2.75) is 19.1 Å². The van der Waals surface area contributed by atoms with Crippen LogP contribution in [0, 0.1) is 11.6 Å². The summed E-state index contributed by atoms with van der Waals surface area (Å²) in [6, 6.07) is 17.4. The minimum atomic E-state index is -1.20. The van der Waals surface area contributed by atoms with Gasteiger partial charge < -0.3 is 15.2 Å². The molecular formula is C23H20F2N2O4. The molecule has 0 aliphatic rings. The Balaban J connectivity index is 1.62. The Hall–Kier alpha value is -3.78. The van der Waals surface area contributed by atoms with Crippen molar-refractivity contribution in [3.05, 3.63) is 95.6 Å². The highest BCUT2D eigenvalue weighted by atomic mass is 19.1. The van der Waals surface area contributed by atoms with Crippen molar-refractivity contribution in [2.24, 2.45) is 0 Å². The number of nitrogens with one attached hydrogen (secondary N) is 2. The molecule has 2 atom stereocenters. The molecule has 0 aromatic heterocycles. The Morgan fingerprint density at radius 1 is 0.903 bits per heavy atom. The number of ether oxygens (including phenoxy) is 1. The first-order valence-electron chi connectivity index (χ1n) is 9.41. The van der Waals surface area contributed by atoms with Gasteiger partial charge in [0.2, 0.25) is 0 Å². The summed E-state index contributed by atoms with van der Waals surface area (Å²) in [5, 5.41) is 14.3. The molecule has 3 rings (SSSR count). The van der Waals surface area contributed by atoms with E-state index in [-0.39, 0.29) is 0 Å². The van der Waals surface area contributed by atoms with Crippen molar-refractivity contribution in [2.75, 3.05) is 5.32 Å². The number of carbonyl (C=O) groups excluding carboxylic acids is 2. The Morgan fingerprint density at radius 3 is 2.10 bits per heavy atom. The fourth-order valence-corrected chi connectivity index (χ4v) is 2.89. The molecular weight excluding hydrogens is 406 g/mol. The third-order valence-electron chi connectivity index (χ3n) is 4.36. The fraction of sp³-hybridized carbons (Fsp3) is 0.130. The summed E-state index contributed by atoms with van der Waals surface area (Å²) in [6.45, 7) is 1.62. The van der Waals surface area contributed by atoms with E-state index in [0.29, 0.717) is 11.4 Å². The van der Waals surface area contributed by atoms with Crippen LogP contribution in [0.15, 0.2) is 72.8 Å². The van der Waals surface area contributed by atoms with Gasteiger partial charge >= 0.3 is 6.03 Å². The van der Waals surface area contributed by atoms with Gasteiger partial charge in [0, 0.05) is 5.69 Å². The molecule has 0 fully saturated rings. The fourth-order valence-electron chi connectivity index (χ4n) is 2.89. The van der Waals surface area contributed by atoms with Crippen molar-refractivity contribution < 1.29 is 28.2 Å². The zero-order valence-corrected chi connectivity index (χ0v) is 16.5. The normalized spacial score (nSPS) is 12.5. The quantitative estimate of drug-likeness (QED) is 0.544. The predicted octanol–water partition coefficient (Wildman–Crippen LogP) is 4.43.